The molecule has 2 saturated heterocycles. The monoisotopic (exact) mass is 445 g/mol. The number of carbonyl (C=O) groups is 1. The minimum Gasteiger partial charge on any atom is -0.369 e. The highest BCUT2D eigenvalue weighted by atomic mass is 32.2. The number of rotatable bonds is 5. The number of nitrogens with one attached hydrogen (secondary N) is 1. The number of halogens is 1. The van der Waals surface area contributed by atoms with Crippen molar-refractivity contribution in [2.45, 2.75) is 43.4 Å². The molecular weight excluding hydrogens is 417 g/mol. The molecule has 0 aromatic heterocycles. The number of carbonyl (C=O) groups excluding carboxylic acids is 1. The van der Waals surface area contributed by atoms with Gasteiger partial charge in [0, 0.05) is 37.4 Å². The first-order valence-corrected chi connectivity index (χ1v) is 12.4. The van der Waals surface area contributed by atoms with Crippen LogP contribution in [-0.4, -0.2) is 44.8 Å². The molecule has 0 saturated carbocycles. The molecule has 2 aromatic carbocycles. The minimum atomic E-state index is -3.65. The molecule has 8 heteroatoms. The Bertz CT molecular complexity index is 1040. The molecule has 2 heterocycles. The van der Waals surface area contributed by atoms with Gasteiger partial charge in [-0.25, -0.2) is 12.8 Å². The second-order valence-corrected chi connectivity index (χ2v) is 10.1. The van der Waals surface area contributed by atoms with Crippen molar-refractivity contribution in [1.82, 2.24) is 4.31 Å². The third-order valence-electron chi connectivity index (χ3n) is 5.95. The summed E-state index contributed by atoms with van der Waals surface area (Å²) in [5, 5.41) is 2.68. The Kier molecular flexibility index (Phi) is 6.57. The van der Waals surface area contributed by atoms with Gasteiger partial charge in [0.25, 0.3) is 5.91 Å². The lowest BCUT2D eigenvalue weighted by atomic mass is 10.2. The molecule has 166 valence electrons. The molecule has 2 aliphatic heterocycles. The standard InChI is InChI=1S/C23H28FN3O3S/c24-21-17-19(10-11-22(21)26-12-5-6-13-26)25-23(28)18-8-7-9-20(16-18)31(29,30)27-14-3-1-2-4-15-27/h7-11,16-17H,1-6,12-15H2,(H,25,28). The Morgan fingerprint density at radius 2 is 1.55 bits per heavy atom. The minimum absolute atomic E-state index is 0.109. The van der Waals surface area contributed by atoms with E-state index in [9.17, 15) is 17.6 Å². The molecule has 31 heavy (non-hydrogen) atoms. The summed E-state index contributed by atoms with van der Waals surface area (Å²) in [6.07, 6.45) is 5.85. The quantitative estimate of drug-likeness (QED) is 0.747. The highest BCUT2D eigenvalue weighted by molar-refractivity contribution is 7.89. The average molecular weight is 446 g/mol. The first-order valence-electron chi connectivity index (χ1n) is 10.9. The Labute approximate surface area is 183 Å². The van der Waals surface area contributed by atoms with Gasteiger partial charge in [-0.3, -0.25) is 4.79 Å². The zero-order valence-corrected chi connectivity index (χ0v) is 18.3. The van der Waals surface area contributed by atoms with Gasteiger partial charge in [0.15, 0.2) is 0 Å². The van der Waals surface area contributed by atoms with Crippen LogP contribution in [0.1, 0.15) is 48.9 Å². The third kappa shape index (κ3) is 4.91. The SMILES string of the molecule is O=C(Nc1ccc(N2CCCC2)c(F)c1)c1cccc(S(=O)(=O)N2CCCCCC2)c1. The van der Waals surface area contributed by atoms with Crippen molar-refractivity contribution < 1.29 is 17.6 Å². The van der Waals surface area contributed by atoms with E-state index in [1.54, 1.807) is 24.3 Å². The molecule has 1 N–H and O–H groups in total. The maximum atomic E-state index is 14.5. The largest absolute Gasteiger partial charge is 0.369 e. The summed E-state index contributed by atoms with van der Waals surface area (Å²) in [7, 11) is -3.65. The van der Waals surface area contributed by atoms with Crippen LogP contribution in [0.15, 0.2) is 47.4 Å². The predicted molar refractivity (Wildman–Crippen MR) is 119 cm³/mol. The lowest BCUT2D eigenvalue weighted by molar-refractivity contribution is 0.102. The maximum Gasteiger partial charge on any atom is 0.255 e. The van der Waals surface area contributed by atoms with Gasteiger partial charge in [-0.2, -0.15) is 4.31 Å². The van der Waals surface area contributed by atoms with E-state index < -0.39 is 15.9 Å². The van der Waals surface area contributed by atoms with Crippen LogP contribution in [0.3, 0.4) is 0 Å². The molecule has 0 atom stereocenters. The fraction of sp³-hybridized carbons (Fsp3) is 0.435. The van der Waals surface area contributed by atoms with E-state index in [-0.39, 0.29) is 16.3 Å². The molecule has 1 amide bonds. The van der Waals surface area contributed by atoms with E-state index in [0.29, 0.717) is 24.5 Å². The fourth-order valence-electron chi connectivity index (χ4n) is 4.23. The molecule has 0 bridgehead atoms. The first kappa shape index (κ1) is 21.8. The molecule has 0 radical (unpaired) electrons. The Morgan fingerprint density at radius 1 is 0.871 bits per heavy atom. The first-order chi connectivity index (χ1) is 14.9. The van der Waals surface area contributed by atoms with E-state index in [0.717, 1.165) is 51.6 Å². The van der Waals surface area contributed by atoms with Crippen molar-refractivity contribution in [3.8, 4) is 0 Å². The Hall–Kier alpha value is -2.45. The van der Waals surface area contributed by atoms with Crippen LogP contribution in [0.5, 0.6) is 0 Å². The highest BCUT2D eigenvalue weighted by Crippen LogP contribution is 2.27. The van der Waals surface area contributed by atoms with Gasteiger partial charge in [-0.05, 0) is 62.1 Å². The zero-order valence-electron chi connectivity index (χ0n) is 17.5. The molecule has 0 unspecified atom stereocenters. The number of hydrogen-bond donors (Lipinski definition) is 1. The van der Waals surface area contributed by atoms with Crippen LogP contribution in [0.2, 0.25) is 0 Å². The zero-order chi connectivity index (χ0) is 21.8. The molecule has 0 spiro atoms. The number of sulfonamides is 1. The Morgan fingerprint density at radius 3 is 2.23 bits per heavy atom. The molecule has 2 aromatic rings. The van der Waals surface area contributed by atoms with Gasteiger partial charge < -0.3 is 10.2 Å². The maximum absolute atomic E-state index is 14.5. The van der Waals surface area contributed by atoms with Crippen LogP contribution in [-0.2, 0) is 10.0 Å². The smallest absolute Gasteiger partial charge is 0.255 e. The van der Waals surface area contributed by atoms with Crippen molar-refractivity contribution in [2.24, 2.45) is 0 Å². The number of nitrogens with zero attached hydrogens (tertiary/aromatic N) is 2. The van der Waals surface area contributed by atoms with Gasteiger partial charge in [0.2, 0.25) is 10.0 Å². The average Bonchev–Trinajstić information content (AvgIpc) is 3.14. The van der Waals surface area contributed by atoms with Crippen LogP contribution in [0.25, 0.3) is 0 Å². The second-order valence-electron chi connectivity index (χ2n) is 8.16. The van der Waals surface area contributed by atoms with Crippen molar-refractivity contribution in [3.63, 3.8) is 0 Å². The highest BCUT2D eigenvalue weighted by Gasteiger charge is 2.26. The van der Waals surface area contributed by atoms with E-state index in [1.807, 2.05) is 4.90 Å². The van der Waals surface area contributed by atoms with Gasteiger partial charge in [0.05, 0.1) is 10.6 Å². The Balaban J connectivity index is 1.50. The number of benzene rings is 2. The number of anilines is 2. The summed E-state index contributed by atoms with van der Waals surface area (Å²) in [6, 6.07) is 10.7. The fourth-order valence-corrected chi connectivity index (χ4v) is 5.79. The van der Waals surface area contributed by atoms with Crippen molar-refractivity contribution in [3.05, 3.63) is 53.8 Å². The topological polar surface area (TPSA) is 69.7 Å². The molecular formula is C23H28FN3O3S. The van der Waals surface area contributed by atoms with E-state index >= 15 is 0 Å². The lowest BCUT2D eigenvalue weighted by Gasteiger charge is -2.20. The summed E-state index contributed by atoms with van der Waals surface area (Å²) < 4.78 is 42.1. The van der Waals surface area contributed by atoms with E-state index in [2.05, 4.69) is 5.32 Å². The molecule has 2 fully saturated rings. The lowest BCUT2D eigenvalue weighted by Crippen LogP contribution is -2.32. The molecule has 6 nitrogen and oxygen atoms in total. The van der Waals surface area contributed by atoms with Crippen molar-refractivity contribution >= 4 is 27.3 Å². The summed E-state index contributed by atoms with van der Waals surface area (Å²) >= 11 is 0. The summed E-state index contributed by atoms with van der Waals surface area (Å²) in [6.45, 7) is 2.67. The van der Waals surface area contributed by atoms with Gasteiger partial charge in [-0.1, -0.05) is 18.9 Å². The predicted octanol–water partition coefficient (Wildman–Crippen LogP) is 4.24. The summed E-state index contributed by atoms with van der Waals surface area (Å²) in [5.74, 6) is -0.849. The van der Waals surface area contributed by atoms with E-state index in [4.69, 9.17) is 0 Å². The summed E-state index contributed by atoms with van der Waals surface area (Å²) in [4.78, 5) is 14.8. The van der Waals surface area contributed by atoms with Crippen molar-refractivity contribution in [1.29, 1.82) is 0 Å². The van der Waals surface area contributed by atoms with E-state index in [1.165, 1.54) is 22.5 Å². The van der Waals surface area contributed by atoms with Gasteiger partial charge in [-0.15, -0.1) is 0 Å². The van der Waals surface area contributed by atoms with Crippen LogP contribution >= 0.6 is 0 Å². The van der Waals surface area contributed by atoms with Crippen LogP contribution in [0.4, 0.5) is 15.8 Å². The second kappa shape index (κ2) is 9.36. The van der Waals surface area contributed by atoms with Gasteiger partial charge in [0.1, 0.15) is 5.82 Å². The van der Waals surface area contributed by atoms with Gasteiger partial charge >= 0.3 is 0 Å². The number of hydrogen-bond acceptors (Lipinski definition) is 4. The normalized spacial score (nSPS) is 18.0. The third-order valence-corrected chi connectivity index (χ3v) is 7.85. The summed E-state index contributed by atoms with van der Waals surface area (Å²) in [5.41, 5.74) is 1.10. The molecule has 2 aliphatic rings. The molecule has 4 rings (SSSR count). The molecule has 0 aliphatic carbocycles. The number of amides is 1. The van der Waals surface area contributed by atoms with Crippen molar-refractivity contribution in [2.75, 3.05) is 36.4 Å². The van der Waals surface area contributed by atoms with Crippen LogP contribution < -0.4 is 10.2 Å². The van der Waals surface area contributed by atoms with Crippen LogP contribution in [0, 0.1) is 5.82 Å².